The van der Waals surface area contributed by atoms with Gasteiger partial charge in [0.15, 0.2) is 0 Å². The lowest BCUT2D eigenvalue weighted by Gasteiger charge is -2.30. The Morgan fingerprint density at radius 3 is 2.53 bits per heavy atom. The third-order valence-corrected chi connectivity index (χ3v) is 6.38. The molecule has 0 radical (unpaired) electrons. The first-order valence-electron chi connectivity index (χ1n) is 11.2. The number of amides is 1. The molecule has 0 saturated carbocycles. The van der Waals surface area contributed by atoms with Crippen molar-refractivity contribution >= 4 is 11.7 Å². The lowest BCUT2D eigenvalue weighted by atomic mass is 9.87. The molecule has 5 rings (SSSR count). The molecule has 1 aliphatic rings. The van der Waals surface area contributed by atoms with Crippen LogP contribution >= 0.6 is 0 Å². The second-order valence-electron chi connectivity index (χ2n) is 9.67. The van der Waals surface area contributed by atoms with Gasteiger partial charge in [-0.05, 0) is 23.8 Å². The van der Waals surface area contributed by atoms with Crippen LogP contribution in [0.4, 0.5) is 4.79 Å². The fraction of sp³-hybridized carbons (Fsp3) is 0.375. The average molecular weight is 463 g/mol. The average Bonchev–Trinajstić information content (AvgIpc) is 3.45. The van der Waals surface area contributed by atoms with E-state index in [4.69, 9.17) is 4.52 Å². The molecule has 3 aromatic heterocycles. The minimum absolute atomic E-state index is 0.0210. The van der Waals surface area contributed by atoms with Crippen molar-refractivity contribution in [1.29, 1.82) is 0 Å². The molecule has 4 aromatic rings. The summed E-state index contributed by atoms with van der Waals surface area (Å²) in [5.41, 5.74) is 3.58. The predicted octanol–water partition coefficient (Wildman–Crippen LogP) is 3.89. The number of aromatic amines is 1. The molecule has 2 N–H and O–H groups in total. The van der Waals surface area contributed by atoms with Crippen molar-refractivity contribution in [1.82, 2.24) is 29.6 Å². The number of H-pyrrole nitrogens is 1. The van der Waals surface area contributed by atoms with Crippen molar-refractivity contribution in [3.8, 4) is 22.8 Å². The zero-order valence-electron chi connectivity index (χ0n) is 19.3. The van der Waals surface area contributed by atoms with Gasteiger partial charge in [0.2, 0.25) is 5.82 Å². The SMILES string of the molecule is CC(C)(C)c1ccc(-c2noc(-c3cnn4c(C5CCN(C(=O)O)CC5)cc(=O)[nH]c34)n2)cc1. The number of carbonyl (C=O) groups is 1. The third kappa shape index (κ3) is 3.95. The van der Waals surface area contributed by atoms with E-state index in [2.05, 4.69) is 53.1 Å². The normalized spacial score (nSPS) is 15.2. The summed E-state index contributed by atoms with van der Waals surface area (Å²) in [6.07, 6.45) is 1.92. The highest BCUT2D eigenvalue weighted by atomic mass is 16.5. The summed E-state index contributed by atoms with van der Waals surface area (Å²) >= 11 is 0. The Balaban J connectivity index is 1.46. The number of likely N-dealkylation sites (tertiary alicyclic amines) is 1. The highest BCUT2D eigenvalue weighted by Crippen LogP contribution is 2.31. The molecule has 1 aromatic carbocycles. The number of nitrogens with one attached hydrogen (secondary N) is 1. The van der Waals surface area contributed by atoms with Gasteiger partial charge in [-0.15, -0.1) is 0 Å². The number of aromatic nitrogens is 5. The van der Waals surface area contributed by atoms with Crippen LogP contribution < -0.4 is 5.56 Å². The van der Waals surface area contributed by atoms with E-state index in [1.807, 2.05) is 12.1 Å². The highest BCUT2D eigenvalue weighted by molar-refractivity contribution is 5.72. The van der Waals surface area contributed by atoms with Crippen LogP contribution in [0.5, 0.6) is 0 Å². The molecule has 0 unspecified atom stereocenters. The number of hydrogen-bond donors (Lipinski definition) is 2. The zero-order chi connectivity index (χ0) is 24.0. The van der Waals surface area contributed by atoms with Gasteiger partial charge < -0.3 is 19.5 Å². The summed E-state index contributed by atoms with van der Waals surface area (Å²) in [5, 5.41) is 17.8. The highest BCUT2D eigenvalue weighted by Gasteiger charge is 2.27. The molecule has 0 spiro atoms. The first kappa shape index (κ1) is 21.9. The van der Waals surface area contributed by atoms with E-state index in [0.717, 1.165) is 11.3 Å². The van der Waals surface area contributed by atoms with Gasteiger partial charge in [-0.2, -0.15) is 10.1 Å². The van der Waals surface area contributed by atoms with E-state index in [1.165, 1.54) is 16.5 Å². The molecule has 0 atom stereocenters. The second-order valence-corrected chi connectivity index (χ2v) is 9.67. The van der Waals surface area contributed by atoms with E-state index in [9.17, 15) is 14.7 Å². The molecule has 1 amide bonds. The summed E-state index contributed by atoms with van der Waals surface area (Å²) in [7, 11) is 0. The van der Waals surface area contributed by atoms with Crippen LogP contribution in [0.1, 0.15) is 50.8 Å². The maximum absolute atomic E-state index is 12.5. The van der Waals surface area contributed by atoms with Gasteiger partial charge in [0.1, 0.15) is 11.2 Å². The molecule has 1 fully saturated rings. The lowest BCUT2D eigenvalue weighted by molar-refractivity contribution is 0.131. The maximum atomic E-state index is 12.5. The number of carboxylic acid groups (broad SMARTS) is 1. The molecule has 0 bridgehead atoms. The molecular formula is C24H26N6O4. The summed E-state index contributed by atoms with van der Waals surface area (Å²) in [6, 6.07) is 9.57. The first-order chi connectivity index (χ1) is 16.2. The van der Waals surface area contributed by atoms with Gasteiger partial charge in [-0.25, -0.2) is 9.31 Å². The lowest BCUT2D eigenvalue weighted by Crippen LogP contribution is -2.37. The molecule has 176 valence electrons. The quantitative estimate of drug-likeness (QED) is 0.472. The molecule has 1 aliphatic heterocycles. The fourth-order valence-corrected chi connectivity index (χ4v) is 4.40. The molecular weight excluding hydrogens is 436 g/mol. The van der Waals surface area contributed by atoms with Gasteiger partial charge in [0, 0.05) is 30.6 Å². The Hall–Kier alpha value is -3.95. The topological polar surface area (TPSA) is 130 Å². The Bertz CT molecular complexity index is 1400. The van der Waals surface area contributed by atoms with E-state index in [0.29, 0.717) is 43.0 Å². The van der Waals surface area contributed by atoms with Crippen LogP contribution in [0.3, 0.4) is 0 Å². The number of nitrogens with zero attached hydrogens (tertiary/aromatic N) is 5. The standard InChI is InChI=1S/C24H26N6O4/c1-24(2,3)16-6-4-15(5-7-16)20-27-22(34-28-20)17-13-25-30-18(12-19(31)26-21(17)30)14-8-10-29(11-9-14)23(32)33/h4-7,12-14H,8-11H2,1-3H3,(H,26,31)(H,32,33). The number of fused-ring (bicyclic) bond motifs is 1. The number of benzene rings is 1. The van der Waals surface area contributed by atoms with Crippen molar-refractivity contribution < 1.29 is 14.4 Å². The van der Waals surface area contributed by atoms with Gasteiger partial charge in [-0.1, -0.05) is 50.2 Å². The van der Waals surface area contributed by atoms with Crippen LogP contribution in [0, 0.1) is 0 Å². The van der Waals surface area contributed by atoms with Crippen molar-refractivity contribution in [2.24, 2.45) is 0 Å². The van der Waals surface area contributed by atoms with Crippen molar-refractivity contribution in [3.05, 3.63) is 58.1 Å². The zero-order valence-corrected chi connectivity index (χ0v) is 19.3. The van der Waals surface area contributed by atoms with Gasteiger partial charge in [0.05, 0.1) is 11.9 Å². The van der Waals surface area contributed by atoms with Crippen molar-refractivity contribution in [3.63, 3.8) is 0 Å². The summed E-state index contributed by atoms with van der Waals surface area (Å²) < 4.78 is 7.21. The Kier molecular flexibility index (Phi) is 5.22. The first-order valence-corrected chi connectivity index (χ1v) is 11.2. The van der Waals surface area contributed by atoms with Gasteiger partial charge in [-0.3, -0.25) is 4.79 Å². The van der Waals surface area contributed by atoms with Crippen LogP contribution in [0.2, 0.25) is 0 Å². The third-order valence-electron chi connectivity index (χ3n) is 6.38. The molecule has 34 heavy (non-hydrogen) atoms. The maximum Gasteiger partial charge on any atom is 0.407 e. The van der Waals surface area contributed by atoms with E-state index < -0.39 is 6.09 Å². The molecule has 1 saturated heterocycles. The van der Waals surface area contributed by atoms with E-state index in [-0.39, 0.29) is 22.8 Å². The van der Waals surface area contributed by atoms with E-state index >= 15 is 0 Å². The number of rotatable bonds is 3. The second kappa shape index (κ2) is 8.12. The summed E-state index contributed by atoms with van der Waals surface area (Å²) in [4.78, 5) is 32.5. The fourth-order valence-electron chi connectivity index (χ4n) is 4.40. The van der Waals surface area contributed by atoms with Gasteiger partial charge in [0.25, 0.3) is 11.4 Å². The van der Waals surface area contributed by atoms with Crippen molar-refractivity contribution in [2.45, 2.75) is 44.9 Å². The molecule has 4 heterocycles. The summed E-state index contributed by atoms with van der Waals surface area (Å²) in [6.45, 7) is 7.31. The Morgan fingerprint density at radius 1 is 1.18 bits per heavy atom. The molecule has 10 heteroatoms. The summed E-state index contributed by atoms with van der Waals surface area (Å²) in [5.74, 6) is 0.737. The van der Waals surface area contributed by atoms with Crippen LogP contribution in [0.25, 0.3) is 28.5 Å². The minimum Gasteiger partial charge on any atom is -0.465 e. The largest absolute Gasteiger partial charge is 0.465 e. The Morgan fingerprint density at radius 2 is 1.88 bits per heavy atom. The van der Waals surface area contributed by atoms with Crippen LogP contribution in [-0.4, -0.2) is 53.9 Å². The predicted molar refractivity (Wildman–Crippen MR) is 125 cm³/mol. The minimum atomic E-state index is -0.920. The molecule has 10 nitrogen and oxygen atoms in total. The van der Waals surface area contributed by atoms with Crippen LogP contribution in [0.15, 0.2) is 45.8 Å². The smallest absolute Gasteiger partial charge is 0.407 e. The molecule has 0 aliphatic carbocycles. The Labute approximate surface area is 195 Å². The van der Waals surface area contributed by atoms with Crippen molar-refractivity contribution in [2.75, 3.05) is 13.1 Å². The van der Waals surface area contributed by atoms with Gasteiger partial charge >= 0.3 is 6.09 Å². The monoisotopic (exact) mass is 462 g/mol. The number of hydrogen-bond acceptors (Lipinski definition) is 6. The number of piperidine rings is 1. The van der Waals surface area contributed by atoms with E-state index in [1.54, 1.807) is 10.7 Å². The van der Waals surface area contributed by atoms with Crippen LogP contribution in [-0.2, 0) is 5.41 Å².